The standard InChI is InChI=1S/C32H22N2.C8H12/c1-2-6-27-19-23(11-14-26(27)5-1)9-10-24-13-18-32-29(20-24)15-17-30(34-32)16-12-25-21-28-7-3-4-8-31(28)33-22-25;1-4-6-8(3)7-5-2/h1-22H;4-7H,3H2,1-2H3/b10-9+,16-12+;6-4-,7-5+. The van der Waals surface area contributed by atoms with Crippen molar-refractivity contribution in [3.63, 3.8) is 0 Å². The van der Waals surface area contributed by atoms with Crippen LogP contribution in [0.25, 0.3) is 56.9 Å². The van der Waals surface area contributed by atoms with Gasteiger partial charge in [0.2, 0.25) is 0 Å². The van der Waals surface area contributed by atoms with E-state index in [1.54, 1.807) is 0 Å². The van der Waals surface area contributed by atoms with Gasteiger partial charge in [-0.15, -0.1) is 0 Å². The first-order chi connectivity index (χ1) is 20.6. The smallest absolute Gasteiger partial charge is 0.0709 e. The third kappa shape index (κ3) is 7.44. The summed E-state index contributed by atoms with van der Waals surface area (Å²) in [6, 6.07) is 35.9. The quantitative estimate of drug-likeness (QED) is 0.154. The van der Waals surface area contributed by atoms with Crippen molar-refractivity contribution >= 4 is 56.9 Å². The van der Waals surface area contributed by atoms with E-state index in [9.17, 15) is 0 Å². The fraction of sp³-hybridized carbons (Fsp3) is 0.0500. The number of rotatable bonds is 6. The molecule has 0 aliphatic rings. The number of hydrogen-bond acceptors (Lipinski definition) is 2. The Balaban J connectivity index is 0.000000390. The lowest BCUT2D eigenvalue weighted by Crippen LogP contribution is -1.85. The van der Waals surface area contributed by atoms with E-state index in [0.29, 0.717) is 0 Å². The summed E-state index contributed by atoms with van der Waals surface area (Å²) in [6.45, 7) is 7.72. The topological polar surface area (TPSA) is 25.8 Å². The van der Waals surface area contributed by atoms with Crippen LogP contribution in [0.3, 0.4) is 0 Å². The van der Waals surface area contributed by atoms with Gasteiger partial charge in [-0.05, 0) is 89.4 Å². The first-order valence-electron chi connectivity index (χ1n) is 14.2. The van der Waals surface area contributed by atoms with Gasteiger partial charge < -0.3 is 0 Å². The fourth-order valence-corrected chi connectivity index (χ4v) is 4.70. The van der Waals surface area contributed by atoms with Gasteiger partial charge in [0.25, 0.3) is 0 Å². The van der Waals surface area contributed by atoms with Crippen LogP contribution in [0.2, 0.25) is 0 Å². The lowest BCUT2D eigenvalue weighted by Gasteiger charge is -2.02. The third-order valence-electron chi connectivity index (χ3n) is 6.80. The molecule has 0 fully saturated rings. The number of allylic oxidation sites excluding steroid dienone is 5. The van der Waals surface area contributed by atoms with E-state index in [1.165, 1.54) is 16.3 Å². The molecule has 0 atom stereocenters. The van der Waals surface area contributed by atoms with Gasteiger partial charge in [-0.25, -0.2) is 4.98 Å². The first-order valence-corrected chi connectivity index (χ1v) is 14.2. The number of nitrogens with zero attached hydrogens (tertiary/aromatic N) is 2. The molecule has 6 rings (SSSR count). The zero-order valence-electron chi connectivity index (χ0n) is 24.1. The minimum absolute atomic E-state index is 0.931. The van der Waals surface area contributed by atoms with Crippen molar-refractivity contribution in [2.75, 3.05) is 0 Å². The van der Waals surface area contributed by atoms with E-state index in [0.717, 1.165) is 44.2 Å². The molecule has 2 nitrogen and oxygen atoms in total. The second-order valence-electron chi connectivity index (χ2n) is 10.00. The van der Waals surface area contributed by atoms with Crippen LogP contribution in [0.1, 0.15) is 36.2 Å². The molecule has 0 aliphatic heterocycles. The molecule has 0 saturated heterocycles. The van der Waals surface area contributed by atoms with Gasteiger partial charge in [0.05, 0.1) is 16.7 Å². The highest BCUT2D eigenvalue weighted by Gasteiger charge is 2.00. The van der Waals surface area contributed by atoms with Crippen LogP contribution in [0.15, 0.2) is 146 Å². The Morgan fingerprint density at radius 1 is 0.548 bits per heavy atom. The van der Waals surface area contributed by atoms with E-state index in [1.807, 2.05) is 68.6 Å². The molecule has 2 aromatic heterocycles. The molecule has 0 spiro atoms. The third-order valence-corrected chi connectivity index (χ3v) is 6.80. The first kappa shape index (κ1) is 28.2. The predicted molar refractivity (Wildman–Crippen MR) is 184 cm³/mol. The average Bonchev–Trinajstić information content (AvgIpc) is 3.03. The van der Waals surface area contributed by atoms with Crippen molar-refractivity contribution in [2.24, 2.45) is 0 Å². The van der Waals surface area contributed by atoms with Gasteiger partial charge in [-0.2, -0.15) is 0 Å². The molecule has 4 aromatic carbocycles. The van der Waals surface area contributed by atoms with E-state index < -0.39 is 0 Å². The Labute approximate surface area is 248 Å². The minimum Gasteiger partial charge on any atom is -0.256 e. The summed E-state index contributed by atoms with van der Waals surface area (Å²) < 4.78 is 0. The van der Waals surface area contributed by atoms with Gasteiger partial charge in [0, 0.05) is 17.0 Å². The summed E-state index contributed by atoms with van der Waals surface area (Å²) in [6.07, 6.45) is 18.2. The van der Waals surface area contributed by atoms with Crippen LogP contribution in [-0.4, -0.2) is 9.97 Å². The molecule has 6 aromatic rings. The Hall–Kier alpha value is -5.34. The Morgan fingerprint density at radius 2 is 1.12 bits per heavy atom. The van der Waals surface area contributed by atoms with Crippen LogP contribution >= 0.6 is 0 Å². The van der Waals surface area contributed by atoms with E-state index in [4.69, 9.17) is 4.98 Å². The molecule has 204 valence electrons. The Kier molecular flexibility index (Phi) is 9.28. The summed E-state index contributed by atoms with van der Waals surface area (Å²) in [5.41, 5.74) is 7.40. The summed E-state index contributed by atoms with van der Waals surface area (Å²) >= 11 is 0. The molecule has 2 heterocycles. The van der Waals surface area contributed by atoms with E-state index in [2.05, 4.69) is 115 Å². The van der Waals surface area contributed by atoms with Crippen LogP contribution < -0.4 is 0 Å². The van der Waals surface area contributed by atoms with Crippen molar-refractivity contribution in [2.45, 2.75) is 13.8 Å². The Bertz CT molecular complexity index is 1830. The molecular formula is C40H34N2. The van der Waals surface area contributed by atoms with E-state index in [-0.39, 0.29) is 0 Å². The predicted octanol–water partition coefficient (Wildman–Crippen LogP) is 11.0. The van der Waals surface area contributed by atoms with Crippen LogP contribution in [-0.2, 0) is 0 Å². The molecule has 42 heavy (non-hydrogen) atoms. The highest BCUT2D eigenvalue weighted by atomic mass is 14.7. The van der Waals surface area contributed by atoms with Crippen LogP contribution in [0.5, 0.6) is 0 Å². The van der Waals surface area contributed by atoms with Crippen molar-refractivity contribution in [3.8, 4) is 0 Å². The zero-order valence-corrected chi connectivity index (χ0v) is 24.1. The summed E-state index contributed by atoms with van der Waals surface area (Å²) in [5, 5.41) is 4.79. The maximum absolute atomic E-state index is 4.81. The maximum Gasteiger partial charge on any atom is 0.0709 e. The Morgan fingerprint density at radius 3 is 1.88 bits per heavy atom. The monoisotopic (exact) mass is 542 g/mol. The summed E-state index contributed by atoms with van der Waals surface area (Å²) in [4.78, 5) is 9.34. The summed E-state index contributed by atoms with van der Waals surface area (Å²) in [5.74, 6) is 0. The lowest BCUT2D eigenvalue weighted by molar-refractivity contribution is 1.37. The number of benzene rings is 4. The minimum atomic E-state index is 0.931. The molecular weight excluding hydrogens is 508 g/mol. The number of para-hydroxylation sites is 1. The van der Waals surface area contributed by atoms with Gasteiger partial charge >= 0.3 is 0 Å². The SMILES string of the molecule is C(=C\c1ccc2nc(/C=C/c3cnc4ccccc4c3)ccc2c1)/c1ccc2ccccc2c1.C=C(/C=C\C)/C=C/C. The van der Waals surface area contributed by atoms with Crippen molar-refractivity contribution in [3.05, 3.63) is 168 Å². The molecule has 0 saturated carbocycles. The normalized spacial score (nSPS) is 11.8. The lowest BCUT2D eigenvalue weighted by atomic mass is 10.1. The number of fused-ring (bicyclic) bond motifs is 3. The molecule has 2 heteroatoms. The second kappa shape index (κ2) is 13.8. The summed E-state index contributed by atoms with van der Waals surface area (Å²) in [7, 11) is 0. The van der Waals surface area contributed by atoms with Gasteiger partial charge in [-0.1, -0.05) is 116 Å². The average molecular weight is 543 g/mol. The second-order valence-corrected chi connectivity index (χ2v) is 10.00. The van der Waals surface area contributed by atoms with Gasteiger partial charge in [0.1, 0.15) is 0 Å². The van der Waals surface area contributed by atoms with Crippen molar-refractivity contribution in [1.82, 2.24) is 9.97 Å². The zero-order chi connectivity index (χ0) is 29.1. The van der Waals surface area contributed by atoms with Gasteiger partial charge in [0.15, 0.2) is 0 Å². The fourth-order valence-electron chi connectivity index (χ4n) is 4.70. The van der Waals surface area contributed by atoms with Crippen molar-refractivity contribution < 1.29 is 0 Å². The van der Waals surface area contributed by atoms with Crippen LogP contribution in [0, 0.1) is 0 Å². The number of hydrogen-bond donors (Lipinski definition) is 0. The molecule has 0 unspecified atom stereocenters. The van der Waals surface area contributed by atoms with Gasteiger partial charge in [-0.3, -0.25) is 4.98 Å². The van der Waals surface area contributed by atoms with E-state index >= 15 is 0 Å². The largest absolute Gasteiger partial charge is 0.256 e. The maximum atomic E-state index is 4.81. The number of aromatic nitrogens is 2. The number of pyridine rings is 2. The van der Waals surface area contributed by atoms with Crippen LogP contribution in [0.4, 0.5) is 0 Å². The highest BCUT2D eigenvalue weighted by Crippen LogP contribution is 2.21. The molecule has 0 amide bonds. The molecule has 0 radical (unpaired) electrons. The molecule has 0 bridgehead atoms. The molecule has 0 aliphatic carbocycles. The molecule has 0 N–H and O–H groups in total. The highest BCUT2D eigenvalue weighted by molar-refractivity contribution is 5.88. The van der Waals surface area contributed by atoms with Crippen molar-refractivity contribution in [1.29, 1.82) is 0 Å².